The maximum atomic E-state index is 14.4. The molecule has 0 saturated heterocycles. The molecule has 0 spiro atoms. The number of nitrogens with two attached hydrogens (primary N) is 1. The molecule has 0 bridgehead atoms. The van der Waals surface area contributed by atoms with Crippen LogP contribution in [0.5, 0.6) is 5.75 Å². The summed E-state index contributed by atoms with van der Waals surface area (Å²) >= 11 is 5.87. The van der Waals surface area contributed by atoms with Crippen molar-refractivity contribution >= 4 is 23.3 Å². The van der Waals surface area contributed by atoms with E-state index in [0.717, 1.165) is 12.0 Å². The minimum atomic E-state index is -0.782. The number of hydrogen-bond donors (Lipinski definition) is 1. The summed E-state index contributed by atoms with van der Waals surface area (Å²) in [6.45, 7) is 0.588. The summed E-state index contributed by atoms with van der Waals surface area (Å²) in [7, 11) is 1.18. The number of nitrogen functional groups attached to an aromatic ring is 1. The van der Waals surface area contributed by atoms with Crippen molar-refractivity contribution in [1.29, 1.82) is 0 Å². The average Bonchev–Trinajstić information content (AvgIpc) is 2.99. The predicted molar refractivity (Wildman–Crippen MR) is 79.6 cm³/mol. The minimum Gasteiger partial charge on any atom is -0.493 e. The van der Waals surface area contributed by atoms with Crippen molar-refractivity contribution in [3.8, 4) is 17.0 Å². The lowest BCUT2D eigenvalue weighted by Gasteiger charge is -2.11. The van der Waals surface area contributed by atoms with Gasteiger partial charge in [-0.25, -0.2) is 14.2 Å². The second kappa shape index (κ2) is 5.46. The molecule has 3 rings (SSSR count). The monoisotopic (exact) mass is 322 g/mol. The maximum absolute atomic E-state index is 14.4. The number of hydrogen-bond acceptors (Lipinski definition) is 5. The lowest BCUT2D eigenvalue weighted by molar-refractivity contribution is 0.0594. The second-order valence-corrected chi connectivity index (χ2v) is 5.14. The Morgan fingerprint density at radius 1 is 1.50 bits per heavy atom. The van der Waals surface area contributed by atoms with Crippen LogP contribution in [0.2, 0.25) is 5.02 Å². The summed E-state index contributed by atoms with van der Waals surface area (Å²) in [6, 6.07) is 5.21. The Morgan fingerprint density at radius 3 is 3.00 bits per heavy atom. The molecule has 7 heteroatoms. The third kappa shape index (κ3) is 2.25. The molecule has 1 aromatic carbocycles. The molecule has 1 aliphatic rings. The van der Waals surface area contributed by atoms with Gasteiger partial charge in [0.25, 0.3) is 0 Å². The fraction of sp³-hybridized carbons (Fsp3) is 0.200. The molecule has 0 saturated carbocycles. The van der Waals surface area contributed by atoms with E-state index in [9.17, 15) is 9.18 Å². The van der Waals surface area contributed by atoms with Crippen LogP contribution in [0.25, 0.3) is 11.3 Å². The van der Waals surface area contributed by atoms with E-state index in [1.54, 1.807) is 12.1 Å². The van der Waals surface area contributed by atoms with E-state index in [4.69, 9.17) is 22.1 Å². The molecule has 2 aromatic rings. The molecule has 22 heavy (non-hydrogen) atoms. The van der Waals surface area contributed by atoms with Gasteiger partial charge in [0.15, 0.2) is 11.5 Å². The zero-order valence-corrected chi connectivity index (χ0v) is 12.4. The number of anilines is 1. The first-order valence-electron chi connectivity index (χ1n) is 6.51. The maximum Gasteiger partial charge on any atom is 0.358 e. The van der Waals surface area contributed by atoms with Crippen LogP contribution in [0, 0.1) is 5.82 Å². The fourth-order valence-electron chi connectivity index (χ4n) is 2.30. The highest BCUT2D eigenvalue weighted by atomic mass is 35.5. The van der Waals surface area contributed by atoms with Gasteiger partial charge in [-0.05, 0) is 11.6 Å². The average molecular weight is 323 g/mol. The Kier molecular flexibility index (Phi) is 3.62. The molecule has 1 aliphatic heterocycles. The van der Waals surface area contributed by atoms with Gasteiger partial charge in [-0.3, -0.25) is 0 Å². The number of aromatic nitrogens is 1. The number of carbonyl (C=O) groups excluding carboxylic acids is 1. The highest BCUT2D eigenvalue weighted by Crippen LogP contribution is 2.35. The Bertz CT molecular complexity index is 780. The van der Waals surface area contributed by atoms with Crippen LogP contribution in [-0.2, 0) is 11.2 Å². The highest BCUT2D eigenvalue weighted by molar-refractivity contribution is 6.35. The number of rotatable bonds is 2. The third-order valence-electron chi connectivity index (χ3n) is 3.46. The zero-order valence-electron chi connectivity index (χ0n) is 11.7. The number of halogens is 2. The van der Waals surface area contributed by atoms with E-state index in [1.165, 1.54) is 7.11 Å². The quantitative estimate of drug-likeness (QED) is 0.861. The molecule has 0 amide bonds. The number of nitrogens with zero attached hydrogens (tertiary/aromatic N) is 1. The van der Waals surface area contributed by atoms with Gasteiger partial charge in [0, 0.05) is 12.0 Å². The first kappa shape index (κ1) is 14.6. The largest absolute Gasteiger partial charge is 0.493 e. The van der Waals surface area contributed by atoms with Crippen molar-refractivity contribution in [2.75, 3.05) is 19.5 Å². The molecule has 2 heterocycles. The van der Waals surface area contributed by atoms with Crippen LogP contribution >= 0.6 is 11.6 Å². The molecule has 0 radical (unpaired) electrons. The van der Waals surface area contributed by atoms with Crippen LogP contribution in [0.1, 0.15) is 16.1 Å². The van der Waals surface area contributed by atoms with Gasteiger partial charge >= 0.3 is 5.97 Å². The zero-order chi connectivity index (χ0) is 15.9. The Morgan fingerprint density at radius 2 is 2.27 bits per heavy atom. The number of fused-ring (bicyclic) bond motifs is 1. The fourth-order valence-corrected chi connectivity index (χ4v) is 2.50. The highest BCUT2D eigenvalue weighted by Gasteiger charge is 2.23. The molecule has 2 N–H and O–H groups in total. The lowest BCUT2D eigenvalue weighted by Crippen LogP contribution is -2.10. The summed E-state index contributed by atoms with van der Waals surface area (Å²) in [6.07, 6.45) is 0.807. The normalized spacial score (nSPS) is 12.7. The molecule has 114 valence electrons. The second-order valence-electron chi connectivity index (χ2n) is 4.76. The first-order valence-corrected chi connectivity index (χ1v) is 6.89. The third-order valence-corrected chi connectivity index (χ3v) is 3.84. The number of carbonyl (C=O) groups is 1. The van der Waals surface area contributed by atoms with Crippen LogP contribution in [0.15, 0.2) is 18.2 Å². The van der Waals surface area contributed by atoms with E-state index in [1.807, 2.05) is 6.07 Å². The van der Waals surface area contributed by atoms with E-state index >= 15 is 0 Å². The molecular formula is C15H12ClFN2O3. The standard InChI is InChI=1S/C15H12ClFN2O3/c1-21-15(20)14-10(16)12(18)11(17)13(19-14)8-3-2-7-4-5-22-9(7)6-8/h2-3,6H,4-5H2,1H3,(H2,18,19). The predicted octanol–water partition coefficient (Wildman–Crippen LogP) is 2.84. The van der Waals surface area contributed by atoms with Crippen molar-refractivity contribution in [2.24, 2.45) is 0 Å². The lowest BCUT2D eigenvalue weighted by atomic mass is 10.1. The topological polar surface area (TPSA) is 74.4 Å². The first-order chi connectivity index (χ1) is 10.5. The van der Waals surface area contributed by atoms with Crippen LogP contribution in [-0.4, -0.2) is 24.7 Å². The summed E-state index contributed by atoms with van der Waals surface area (Å²) < 4.78 is 24.4. The van der Waals surface area contributed by atoms with Crippen molar-refractivity contribution in [1.82, 2.24) is 4.98 Å². The summed E-state index contributed by atoms with van der Waals surface area (Å²) in [5.41, 5.74) is 6.50. The molecule has 0 atom stereocenters. The van der Waals surface area contributed by atoms with Crippen molar-refractivity contribution in [2.45, 2.75) is 6.42 Å². The van der Waals surface area contributed by atoms with Crippen molar-refractivity contribution in [3.05, 3.63) is 40.3 Å². The smallest absolute Gasteiger partial charge is 0.358 e. The number of pyridine rings is 1. The van der Waals surface area contributed by atoms with Crippen molar-refractivity contribution in [3.63, 3.8) is 0 Å². The molecule has 1 aromatic heterocycles. The molecule has 0 aliphatic carbocycles. The SMILES string of the molecule is COC(=O)c1nc(-c2ccc3c(c2)OCC3)c(F)c(N)c1Cl. The summed E-state index contributed by atoms with van der Waals surface area (Å²) in [4.78, 5) is 15.7. The number of benzene rings is 1. The summed E-state index contributed by atoms with van der Waals surface area (Å²) in [5.74, 6) is -0.891. The summed E-state index contributed by atoms with van der Waals surface area (Å²) in [5, 5.41) is -0.259. The van der Waals surface area contributed by atoms with E-state index < -0.39 is 11.8 Å². The van der Waals surface area contributed by atoms with Crippen LogP contribution < -0.4 is 10.5 Å². The van der Waals surface area contributed by atoms with E-state index in [2.05, 4.69) is 9.72 Å². The number of esters is 1. The Balaban J connectivity index is 2.18. The number of methoxy groups -OCH3 is 1. The molecular weight excluding hydrogens is 311 g/mol. The van der Waals surface area contributed by atoms with Gasteiger partial charge in [-0.2, -0.15) is 0 Å². The van der Waals surface area contributed by atoms with Gasteiger partial charge in [-0.15, -0.1) is 0 Å². The molecule has 0 fully saturated rings. The van der Waals surface area contributed by atoms with Gasteiger partial charge in [-0.1, -0.05) is 23.7 Å². The minimum absolute atomic E-state index is 0.0689. The van der Waals surface area contributed by atoms with Gasteiger partial charge in [0.05, 0.1) is 24.4 Å². The molecule has 0 unspecified atom stereocenters. The van der Waals surface area contributed by atoms with E-state index in [0.29, 0.717) is 17.9 Å². The number of ether oxygens (including phenoxy) is 2. The van der Waals surface area contributed by atoms with Gasteiger partial charge in [0.1, 0.15) is 11.4 Å². The van der Waals surface area contributed by atoms with Gasteiger partial charge < -0.3 is 15.2 Å². The van der Waals surface area contributed by atoms with Crippen LogP contribution in [0.4, 0.5) is 10.1 Å². The van der Waals surface area contributed by atoms with Crippen molar-refractivity contribution < 1.29 is 18.7 Å². The van der Waals surface area contributed by atoms with Gasteiger partial charge in [0.2, 0.25) is 0 Å². The van der Waals surface area contributed by atoms with E-state index in [-0.39, 0.29) is 22.1 Å². The van der Waals surface area contributed by atoms with Crippen LogP contribution in [0.3, 0.4) is 0 Å². The Labute approximate surface area is 130 Å². The Hall–Kier alpha value is -2.34. The molecule has 5 nitrogen and oxygen atoms in total.